The zero-order valence-corrected chi connectivity index (χ0v) is 14.2. The number of amides is 2. The molecule has 5 nitrogen and oxygen atoms in total. The average Bonchev–Trinajstić information content (AvgIpc) is 3.22. The molecule has 2 aromatic rings. The fourth-order valence-electron chi connectivity index (χ4n) is 2.47. The highest BCUT2D eigenvalue weighted by Gasteiger charge is 2.34. The van der Waals surface area contributed by atoms with Crippen molar-refractivity contribution >= 4 is 34.5 Å². The van der Waals surface area contributed by atoms with Gasteiger partial charge in [-0.2, -0.15) is 0 Å². The maximum atomic E-state index is 12.4. The first-order chi connectivity index (χ1) is 11.2. The number of hydrogen-bond donors (Lipinski definition) is 1. The van der Waals surface area contributed by atoms with Crippen molar-refractivity contribution in [2.45, 2.75) is 19.0 Å². The molecule has 0 radical (unpaired) electrons. The summed E-state index contributed by atoms with van der Waals surface area (Å²) in [5.41, 5.74) is 0. The van der Waals surface area contributed by atoms with Gasteiger partial charge in [-0.25, -0.2) is 0 Å². The van der Waals surface area contributed by atoms with Crippen molar-refractivity contribution < 1.29 is 14.3 Å². The van der Waals surface area contributed by atoms with E-state index in [0.29, 0.717) is 13.1 Å². The number of nitrogens with zero attached hydrogens (tertiary/aromatic N) is 1. The van der Waals surface area contributed by atoms with E-state index >= 15 is 0 Å². The van der Waals surface area contributed by atoms with Gasteiger partial charge in [-0.1, -0.05) is 12.1 Å². The minimum absolute atomic E-state index is 0.0460. The third-order valence-corrected chi connectivity index (χ3v) is 5.45. The Morgan fingerprint density at radius 3 is 2.70 bits per heavy atom. The van der Waals surface area contributed by atoms with Gasteiger partial charge >= 0.3 is 0 Å². The quantitative estimate of drug-likeness (QED) is 0.866. The summed E-state index contributed by atoms with van der Waals surface area (Å²) in [4.78, 5) is 28.5. The third kappa shape index (κ3) is 4.19. The van der Waals surface area contributed by atoms with Crippen LogP contribution in [0.3, 0.4) is 0 Å². The Kier molecular flexibility index (Phi) is 5.43. The van der Waals surface area contributed by atoms with Crippen molar-refractivity contribution in [2.75, 3.05) is 19.8 Å². The van der Waals surface area contributed by atoms with E-state index in [1.165, 1.54) is 4.88 Å². The molecular formula is C16H18N2O3S2. The van der Waals surface area contributed by atoms with Crippen LogP contribution in [-0.4, -0.2) is 42.5 Å². The minimum atomic E-state index is -0.554. The van der Waals surface area contributed by atoms with Gasteiger partial charge < -0.3 is 15.0 Å². The molecule has 0 bridgehead atoms. The molecule has 0 aromatic carbocycles. The van der Waals surface area contributed by atoms with Crippen LogP contribution in [0.25, 0.3) is 0 Å². The van der Waals surface area contributed by atoms with Crippen LogP contribution < -0.4 is 5.32 Å². The number of rotatable bonds is 6. The van der Waals surface area contributed by atoms with E-state index in [0.717, 1.165) is 11.3 Å². The summed E-state index contributed by atoms with van der Waals surface area (Å²) < 4.78 is 5.27. The van der Waals surface area contributed by atoms with Crippen molar-refractivity contribution in [3.63, 3.8) is 0 Å². The Morgan fingerprint density at radius 2 is 2.00 bits per heavy atom. The molecule has 1 atom stereocenters. The van der Waals surface area contributed by atoms with Crippen LogP contribution in [0.1, 0.15) is 9.75 Å². The first-order valence-corrected chi connectivity index (χ1v) is 9.19. The molecule has 3 rings (SSSR count). The minimum Gasteiger partial charge on any atom is -0.369 e. The molecule has 1 aliphatic rings. The Hall–Kier alpha value is -1.70. The topological polar surface area (TPSA) is 58.6 Å². The summed E-state index contributed by atoms with van der Waals surface area (Å²) in [6.45, 7) is 1.33. The third-order valence-electron chi connectivity index (χ3n) is 3.66. The van der Waals surface area contributed by atoms with Gasteiger partial charge in [-0.3, -0.25) is 9.59 Å². The highest BCUT2D eigenvalue weighted by atomic mass is 32.1. The van der Waals surface area contributed by atoms with Gasteiger partial charge in [0.2, 0.25) is 11.8 Å². The van der Waals surface area contributed by atoms with Crippen molar-refractivity contribution in [3.8, 4) is 0 Å². The summed E-state index contributed by atoms with van der Waals surface area (Å²) in [6, 6.07) is 7.41. The number of carbonyl (C=O) groups is 2. The molecule has 7 heteroatoms. The van der Waals surface area contributed by atoms with Crippen LogP contribution in [0.15, 0.2) is 35.0 Å². The van der Waals surface area contributed by atoms with Gasteiger partial charge in [-0.05, 0) is 29.3 Å². The second kappa shape index (κ2) is 7.72. The van der Waals surface area contributed by atoms with E-state index in [-0.39, 0.29) is 25.0 Å². The van der Waals surface area contributed by atoms with Crippen LogP contribution in [0, 0.1) is 0 Å². The molecular weight excluding hydrogens is 332 g/mol. The summed E-state index contributed by atoms with van der Waals surface area (Å²) in [6.07, 6.45) is 0.801. The molecule has 1 fully saturated rings. The van der Waals surface area contributed by atoms with Crippen LogP contribution in [0.2, 0.25) is 0 Å². The predicted molar refractivity (Wildman–Crippen MR) is 90.5 cm³/mol. The molecule has 3 heterocycles. The van der Waals surface area contributed by atoms with Crippen molar-refractivity contribution in [1.29, 1.82) is 0 Å². The molecule has 122 valence electrons. The lowest BCUT2D eigenvalue weighted by Gasteiger charge is -2.34. The predicted octanol–water partition coefficient (Wildman–Crippen LogP) is 1.90. The molecule has 2 amide bonds. The zero-order valence-electron chi connectivity index (χ0n) is 12.6. The maximum Gasteiger partial charge on any atom is 0.249 e. The average molecular weight is 350 g/mol. The number of hydrogen-bond acceptors (Lipinski definition) is 5. The molecule has 1 saturated heterocycles. The number of nitrogens with one attached hydrogen (secondary N) is 1. The molecule has 0 unspecified atom stereocenters. The number of morpholine rings is 1. The molecule has 23 heavy (non-hydrogen) atoms. The Bertz CT molecular complexity index is 640. The first kappa shape index (κ1) is 16.2. The highest BCUT2D eigenvalue weighted by Crippen LogP contribution is 2.17. The Balaban J connectivity index is 1.58. The number of thiophene rings is 2. The highest BCUT2D eigenvalue weighted by molar-refractivity contribution is 7.10. The standard InChI is InChI=1S/C16H18N2O3S2/c19-15-11-21-10-14(18(15)9-13-4-2-8-23-13)16(20)17-6-5-12-3-1-7-22-12/h1-4,7-8,14H,5-6,9-11H2,(H,17,20)/t14-/m1/s1. The van der Waals surface area contributed by atoms with Gasteiger partial charge in [-0.15, -0.1) is 22.7 Å². The second-order valence-corrected chi connectivity index (χ2v) is 7.32. The van der Waals surface area contributed by atoms with Crippen molar-refractivity contribution in [1.82, 2.24) is 10.2 Å². The molecule has 1 N–H and O–H groups in total. The molecule has 0 saturated carbocycles. The second-order valence-electron chi connectivity index (χ2n) is 5.25. The van der Waals surface area contributed by atoms with Gasteiger partial charge in [0, 0.05) is 16.3 Å². The summed E-state index contributed by atoms with van der Waals surface area (Å²) >= 11 is 3.26. The van der Waals surface area contributed by atoms with Crippen molar-refractivity contribution in [3.05, 3.63) is 44.8 Å². The van der Waals surface area contributed by atoms with Gasteiger partial charge in [0.15, 0.2) is 0 Å². The smallest absolute Gasteiger partial charge is 0.249 e. The molecule has 2 aromatic heterocycles. The normalized spacial score (nSPS) is 18.2. The van der Waals surface area contributed by atoms with Gasteiger partial charge in [0.1, 0.15) is 12.6 Å². The maximum absolute atomic E-state index is 12.4. The Labute approximate surface area is 142 Å². The summed E-state index contributed by atoms with van der Waals surface area (Å²) in [5.74, 6) is -0.283. The van der Waals surface area contributed by atoms with E-state index in [1.807, 2.05) is 35.0 Å². The lowest BCUT2D eigenvalue weighted by Crippen LogP contribution is -2.56. The SMILES string of the molecule is O=C(NCCc1cccs1)[C@H]1COCC(=O)N1Cc1cccs1. The molecule has 1 aliphatic heterocycles. The number of ether oxygens (including phenoxy) is 1. The van der Waals surface area contributed by atoms with Crippen LogP contribution in [0.4, 0.5) is 0 Å². The Morgan fingerprint density at radius 1 is 1.26 bits per heavy atom. The fraction of sp³-hybridized carbons (Fsp3) is 0.375. The molecule has 0 aliphatic carbocycles. The zero-order chi connectivity index (χ0) is 16.1. The van der Waals surface area contributed by atoms with E-state index in [2.05, 4.69) is 5.32 Å². The van der Waals surface area contributed by atoms with Crippen LogP contribution in [0.5, 0.6) is 0 Å². The van der Waals surface area contributed by atoms with E-state index in [1.54, 1.807) is 27.6 Å². The van der Waals surface area contributed by atoms with E-state index < -0.39 is 6.04 Å². The van der Waals surface area contributed by atoms with Crippen LogP contribution >= 0.6 is 22.7 Å². The fourth-order valence-corrected chi connectivity index (χ4v) is 3.88. The largest absolute Gasteiger partial charge is 0.369 e. The van der Waals surface area contributed by atoms with Gasteiger partial charge in [0.25, 0.3) is 0 Å². The summed E-state index contributed by atoms with van der Waals surface area (Å²) in [7, 11) is 0. The van der Waals surface area contributed by atoms with E-state index in [9.17, 15) is 9.59 Å². The summed E-state index contributed by atoms with van der Waals surface area (Å²) in [5, 5.41) is 6.91. The molecule has 0 spiro atoms. The van der Waals surface area contributed by atoms with E-state index in [4.69, 9.17) is 4.74 Å². The lowest BCUT2D eigenvalue weighted by atomic mass is 10.2. The van der Waals surface area contributed by atoms with Crippen molar-refractivity contribution in [2.24, 2.45) is 0 Å². The van der Waals surface area contributed by atoms with Crippen LogP contribution in [-0.2, 0) is 27.3 Å². The monoisotopic (exact) mass is 350 g/mol. The van der Waals surface area contributed by atoms with Gasteiger partial charge in [0.05, 0.1) is 13.2 Å². The lowest BCUT2D eigenvalue weighted by molar-refractivity contribution is -0.155. The first-order valence-electron chi connectivity index (χ1n) is 7.44. The number of carbonyl (C=O) groups excluding carboxylic acids is 2.